The summed E-state index contributed by atoms with van der Waals surface area (Å²) in [5.41, 5.74) is 0.754. The molecule has 3 aliphatic carbocycles. The van der Waals surface area contributed by atoms with Crippen LogP contribution in [0.3, 0.4) is 0 Å². The number of hydrogen-bond donors (Lipinski definition) is 2. The summed E-state index contributed by atoms with van der Waals surface area (Å²) in [5.74, 6) is 0.968. The van der Waals surface area contributed by atoms with Crippen LogP contribution >= 0.6 is 0 Å². The number of nitrogens with zero attached hydrogens (tertiary/aromatic N) is 1. The van der Waals surface area contributed by atoms with Crippen LogP contribution in [0.25, 0.3) is 0 Å². The van der Waals surface area contributed by atoms with Crippen molar-refractivity contribution in [2.24, 2.45) is 15.8 Å². The lowest BCUT2D eigenvalue weighted by atomic mass is 9.60. The van der Waals surface area contributed by atoms with Crippen molar-refractivity contribution in [3.8, 4) is 0 Å². The molecular formula is C20H37N3O2. The fourth-order valence-electron chi connectivity index (χ4n) is 5.23. The van der Waals surface area contributed by atoms with Crippen LogP contribution in [0.15, 0.2) is 4.99 Å². The molecule has 3 fully saturated rings. The third-order valence-corrected chi connectivity index (χ3v) is 7.10. The maximum absolute atomic E-state index is 6.03. The lowest BCUT2D eigenvalue weighted by Crippen LogP contribution is -2.65. The first-order chi connectivity index (χ1) is 12.2. The predicted molar refractivity (Wildman–Crippen MR) is 102 cm³/mol. The van der Waals surface area contributed by atoms with Crippen LogP contribution in [0.2, 0.25) is 0 Å². The molecule has 2 N–H and O–H groups in total. The predicted octanol–water partition coefficient (Wildman–Crippen LogP) is 3.10. The van der Waals surface area contributed by atoms with E-state index in [4.69, 9.17) is 9.47 Å². The first-order valence-electron chi connectivity index (χ1n) is 10.3. The van der Waals surface area contributed by atoms with Gasteiger partial charge in [0, 0.05) is 45.4 Å². The zero-order valence-electron chi connectivity index (χ0n) is 16.4. The average Bonchev–Trinajstić information content (AvgIpc) is 3.10. The smallest absolute Gasteiger partial charge is 0.191 e. The molecule has 0 amide bonds. The van der Waals surface area contributed by atoms with Gasteiger partial charge in [-0.1, -0.05) is 19.3 Å². The number of nitrogens with one attached hydrogen (secondary N) is 2. The van der Waals surface area contributed by atoms with Gasteiger partial charge in [-0.25, -0.2) is 0 Å². The van der Waals surface area contributed by atoms with Gasteiger partial charge in [0.05, 0.1) is 6.10 Å². The highest BCUT2D eigenvalue weighted by atomic mass is 16.5. The zero-order valence-corrected chi connectivity index (χ0v) is 16.4. The summed E-state index contributed by atoms with van der Waals surface area (Å²) in [6.07, 6.45) is 11.9. The van der Waals surface area contributed by atoms with Gasteiger partial charge in [0.15, 0.2) is 5.96 Å². The van der Waals surface area contributed by atoms with Crippen LogP contribution in [0, 0.1) is 10.8 Å². The first-order valence-corrected chi connectivity index (χ1v) is 10.3. The van der Waals surface area contributed by atoms with E-state index in [9.17, 15) is 0 Å². The maximum atomic E-state index is 6.03. The SMILES string of the molecule is CCOC1CC(NC(=NC)NCC2(CCOC)CCC2)C12CCCC2. The van der Waals surface area contributed by atoms with E-state index in [1.807, 2.05) is 7.05 Å². The van der Waals surface area contributed by atoms with Gasteiger partial charge in [-0.15, -0.1) is 0 Å². The normalized spacial score (nSPS) is 30.0. The highest BCUT2D eigenvalue weighted by molar-refractivity contribution is 5.80. The van der Waals surface area contributed by atoms with Crippen LogP contribution in [0.1, 0.15) is 64.7 Å². The van der Waals surface area contributed by atoms with Gasteiger partial charge in [-0.3, -0.25) is 4.99 Å². The molecule has 3 saturated carbocycles. The Kier molecular flexibility index (Phi) is 6.26. The van der Waals surface area contributed by atoms with E-state index in [1.54, 1.807) is 7.11 Å². The van der Waals surface area contributed by atoms with Gasteiger partial charge in [0.2, 0.25) is 0 Å². The number of guanidine groups is 1. The second kappa shape index (κ2) is 8.26. The molecule has 5 nitrogen and oxygen atoms in total. The molecule has 5 heteroatoms. The zero-order chi connectivity index (χ0) is 17.8. The molecule has 0 heterocycles. The van der Waals surface area contributed by atoms with E-state index in [0.29, 0.717) is 23.0 Å². The minimum atomic E-state index is 0.345. The number of ether oxygens (including phenoxy) is 2. The number of hydrogen-bond acceptors (Lipinski definition) is 3. The Hall–Kier alpha value is -0.810. The lowest BCUT2D eigenvalue weighted by Gasteiger charge is -2.54. The Morgan fingerprint density at radius 1 is 1.16 bits per heavy atom. The molecule has 2 unspecified atom stereocenters. The van der Waals surface area contributed by atoms with Crippen LogP contribution in [0.5, 0.6) is 0 Å². The maximum Gasteiger partial charge on any atom is 0.191 e. The lowest BCUT2D eigenvalue weighted by molar-refractivity contribution is -0.125. The second-order valence-corrected chi connectivity index (χ2v) is 8.34. The molecule has 2 atom stereocenters. The first kappa shape index (κ1) is 19.0. The van der Waals surface area contributed by atoms with Crippen molar-refractivity contribution >= 4 is 5.96 Å². The van der Waals surface area contributed by atoms with Crippen LogP contribution in [-0.4, -0.2) is 52.0 Å². The van der Waals surface area contributed by atoms with Crippen LogP contribution < -0.4 is 10.6 Å². The number of rotatable bonds is 8. The number of methoxy groups -OCH3 is 1. The molecule has 0 aromatic rings. The molecule has 0 aromatic carbocycles. The summed E-state index contributed by atoms with van der Waals surface area (Å²) in [7, 11) is 3.69. The molecule has 0 saturated heterocycles. The van der Waals surface area contributed by atoms with Crippen molar-refractivity contribution in [2.75, 3.05) is 33.9 Å². The molecule has 25 heavy (non-hydrogen) atoms. The molecular weight excluding hydrogens is 314 g/mol. The highest BCUT2D eigenvalue weighted by Gasteiger charge is 2.57. The molecule has 1 spiro atoms. The van der Waals surface area contributed by atoms with Crippen LogP contribution in [0.4, 0.5) is 0 Å². The standard InChI is InChI=1S/C20H37N3O2/c1-4-25-17-14-16(20(17)10-5-6-11-20)23-18(21-2)22-15-19(8-7-9-19)12-13-24-3/h16-17H,4-15H2,1-3H3,(H2,21,22,23). The minimum absolute atomic E-state index is 0.345. The van der Waals surface area contributed by atoms with E-state index in [-0.39, 0.29) is 0 Å². The van der Waals surface area contributed by atoms with Gasteiger partial charge in [0.1, 0.15) is 0 Å². The van der Waals surface area contributed by atoms with E-state index < -0.39 is 0 Å². The second-order valence-electron chi connectivity index (χ2n) is 8.34. The van der Waals surface area contributed by atoms with Crippen molar-refractivity contribution in [3.63, 3.8) is 0 Å². The topological polar surface area (TPSA) is 54.9 Å². The van der Waals surface area contributed by atoms with Crippen LogP contribution in [-0.2, 0) is 9.47 Å². The Balaban J connectivity index is 1.52. The molecule has 0 radical (unpaired) electrons. The van der Waals surface area contributed by atoms with E-state index in [2.05, 4.69) is 22.5 Å². The van der Waals surface area contributed by atoms with E-state index in [0.717, 1.165) is 38.6 Å². The summed E-state index contributed by atoms with van der Waals surface area (Å²) in [5, 5.41) is 7.34. The van der Waals surface area contributed by atoms with Gasteiger partial charge in [-0.2, -0.15) is 0 Å². The molecule has 3 aliphatic rings. The van der Waals surface area contributed by atoms with Gasteiger partial charge in [0.25, 0.3) is 0 Å². The van der Waals surface area contributed by atoms with Gasteiger partial charge in [-0.05, 0) is 50.9 Å². The Morgan fingerprint density at radius 3 is 2.48 bits per heavy atom. The summed E-state index contributed by atoms with van der Waals surface area (Å²) in [6.45, 7) is 4.80. The number of aliphatic imine (C=N–C) groups is 1. The molecule has 144 valence electrons. The van der Waals surface area contributed by atoms with Gasteiger partial charge >= 0.3 is 0 Å². The molecule has 3 rings (SSSR count). The highest BCUT2D eigenvalue weighted by Crippen LogP contribution is 2.54. The summed E-state index contributed by atoms with van der Waals surface area (Å²) >= 11 is 0. The Morgan fingerprint density at radius 2 is 1.92 bits per heavy atom. The third-order valence-electron chi connectivity index (χ3n) is 7.10. The third kappa shape index (κ3) is 3.82. The van der Waals surface area contributed by atoms with Crippen molar-refractivity contribution in [1.29, 1.82) is 0 Å². The van der Waals surface area contributed by atoms with E-state index in [1.165, 1.54) is 44.9 Å². The van der Waals surface area contributed by atoms with Gasteiger partial charge < -0.3 is 20.1 Å². The fourth-order valence-corrected chi connectivity index (χ4v) is 5.23. The van der Waals surface area contributed by atoms with Crippen molar-refractivity contribution in [3.05, 3.63) is 0 Å². The van der Waals surface area contributed by atoms with Crippen molar-refractivity contribution < 1.29 is 9.47 Å². The monoisotopic (exact) mass is 351 g/mol. The molecule has 0 aliphatic heterocycles. The summed E-state index contributed by atoms with van der Waals surface area (Å²) < 4.78 is 11.3. The van der Waals surface area contributed by atoms with Crippen molar-refractivity contribution in [1.82, 2.24) is 10.6 Å². The summed E-state index contributed by atoms with van der Waals surface area (Å²) in [6, 6.07) is 0.508. The Bertz CT molecular complexity index is 456. The fraction of sp³-hybridized carbons (Fsp3) is 0.950. The molecule has 0 bridgehead atoms. The van der Waals surface area contributed by atoms with Crippen molar-refractivity contribution in [2.45, 2.75) is 76.9 Å². The molecule has 0 aromatic heterocycles. The summed E-state index contributed by atoms with van der Waals surface area (Å²) in [4.78, 5) is 4.50. The van der Waals surface area contributed by atoms with E-state index >= 15 is 0 Å². The average molecular weight is 352 g/mol. The quantitative estimate of drug-likeness (QED) is 0.521. The Labute approximate surface area is 153 Å². The minimum Gasteiger partial charge on any atom is -0.385 e. The largest absolute Gasteiger partial charge is 0.385 e.